The highest BCUT2D eigenvalue weighted by molar-refractivity contribution is 9.10. The largest absolute Gasteiger partial charge is 0.285 e. The first-order valence-electron chi connectivity index (χ1n) is 4.74. The number of H-pyrrole nitrogens is 1. The molecule has 3 aromatic rings. The van der Waals surface area contributed by atoms with Crippen LogP contribution in [0.25, 0.3) is 22.2 Å². The second-order valence-electron chi connectivity index (χ2n) is 3.35. The third kappa shape index (κ3) is 1.40. The minimum atomic E-state index is 0.889. The molecule has 4 nitrogen and oxygen atoms in total. The quantitative estimate of drug-likeness (QED) is 0.743. The Bertz CT molecular complexity index is 634. The Balaban J connectivity index is 2.38. The number of para-hydroxylation sites is 1. The van der Waals surface area contributed by atoms with Crippen LogP contribution in [0.3, 0.4) is 0 Å². The summed E-state index contributed by atoms with van der Waals surface area (Å²) in [7, 11) is 0. The van der Waals surface area contributed by atoms with Gasteiger partial charge in [0.15, 0.2) is 0 Å². The number of halogens is 1. The number of rotatable bonds is 1. The molecule has 0 saturated carbocycles. The zero-order valence-corrected chi connectivity index (χ0v) is 9.77. The van der Waals surface area contributed by atoms with Gasteiger partial charge in [-0.3, -0.25) is 5.10 Å². The molecule has 16 heavy (non-hydrogen) atoms. The summed E-state index contributed by atoms with van der Waals surface area (Å²) >= 11 is 3.48. The van der Waals surface area contributed by atoms with E-state index in [1.54, 1.807) is 12.5 Å². The summed E-state index contributed by atoms with van der Waals surface area (Å²) in [5, 5.41) is 7.73. The van der Waals surface area contributed by atoms with E-state index >= 15 is 0 Å². The topological polar surface area (TPSA) is 54.5 Å². The first kappa shape index (κ1) is 9.47. The second kappa shape index (κ2) is 3.68. The Morgan fingerprint density at radius 2 is 2.12 bits per heavy atom. The van der Waals surface area contributed by atoms with Crippen LogP contribution in [0.15, 0.2) is 41.4 Å². The molecule has 3 rings (SSSR count). The highest BCUT2D eigenvalue weighted by atomic mass is 79.9. The fourth-order valence-corrected chi connectivity index (χ4v) is 2.13. The van der Waals surface area contributed by atoms with Crippen LogP contribution in [0.2, 0.25) is 0 Å². The summed E-state index contributed by atoms with van der Waals surface area (Å²) < 4.78 is 0.970. The third-order valence-corrected chi connectivity index (χ3v) is 3.03. The lowest BCUT2D eigenvalue weighted by Gasteiger charge is -2.03. The van der Waals surface area contributed by atoms with E-state index in [2.05, 4.69) is 36.1 Å². The van der Waals surface area contributed by atoms with Crippen molar-refractivity contribution in [2.45, 2.75) is 0 Å². The Hall–Kier alpha value is -1.75. The maximum absolute atomic E-state index is 4.30. The van der Waals surface area contributed by atoms with Crippen molar-refractivity contribution in [2.24, 2.45) is 0 Å². The van der Waals surface area contributed by atoms with Crippen LogP contribution in [-0.4, -0.2) is 20.2 Å². The van der Waals surface area contributed by atoms with E-state index in [1.807, 2.05) is 24.4 Å². The molecule has 0 amide bonds. The molecule has 0 fully saturated rings. The number of hydrogen-bond donors (Lipinski definition) is 1. The van der Waals surface area contributed by atoms with Gasteiger partial charge in [0.2, 0.25) is 0 Å². The third-order valence-electron chi connectivity index (χ3n) is 2.39. The molecule has 0 radical (unpaired) electrons. The van der Waals surface area contributed by atoms with Gasteiger partial charge < -0.3 is 0 Å². The molecule has 2 aromatic heterocycles. The van der Waals surface area contributed by atoms with Gasteiger partial charge >= 0.3 is 0 Å². The molecule has 1 aromatic carbocycles. The monoisotopic (exact) mass is 274 g/mol. The van der Waals surface area contributed by atoms with E-state index < -0.39 is 0 Å². The summed E-state index contributed by atoms with van der Waals surface area (Å²) in [6.07, 6.45) is 5.14. The van der Waals surface area contributed by atoms with E-state index in [4.69, 9.17) is 0 Å². The summed E-state index contributed by atoms with van der Waals surface area (Å²) in [5.41, 5.74) is 2.76. The molecule has 5 heteroatoms. The van der Waals surface area contributed by atoms with Crippen LogP contribution < -0.4 is 0 Å². The maximum atomic E-state index is 4.30. The lowest BCUT2D eigenvalue weighted by molar-refractivity contribution is 1.09. The van der Waals surface area contributed by atoms with Crippen LogP contribution in [0.5, 0.6) is 0 Å². The van der Waals surface area contributed by atoms with Crippen LogP contribution in [-0.2, 0) is 0 Å². The van der Waals surface area contributed by atoms with Crippen molar-refractivity contribution in [1.29, 1.82) is 0 Å². The molecule has 0 unspecified atom stereocenters. The van der Waals surface area contributed by atoms with Gasteiger partial charge in [0.1, 0.15) is 6.33 Å². The van der Waals surface area contributed by atoms with E-state index in [-0.39, 0.29) is 0 Å². The minimum Gasteiger partial charge on any atom is -0.285 e. The van der Waals surface area contributed by atoms with Crippen molar-refractivity contribution < 1.29 is 0 Å². The number of nitrogens with zero attached hydrogens (tertiary/aromatic N) is 3. The highest BCUT2D eigenvalue weighted by Crippen LogP contribution is 2.28. The van der Waals surface area contributed by atoms with E-state index in [0.29, 0.717) is 0 Å². The molecule has 1 N–H and O–H groups in total. The predicted molar refractivity (Wildman–Crippen MR) is 64.8 cm³/mol. The predicted octanol–water partition coefficient (Wildman–Crippen LogP) is 2.78. The number of fused-ring (bicyclic) bond motifs is 1. The number of hydrogen-bond acceptors (Lipinski definition) is 3. The van der Waals surface area contributed by atoms with Gasteiger partial charge in [0.05, 0.1) is 17.4 Å². The van der Waals surface area contributed by atoms with Crippen molar-refractivity contribution in [3.63, 3.8) is 0 Å². The number of aromatic nitrogens is 4. The molecule has 0 spiro atoms. The smallest absolute Gasteiger partial charge is 0.116 e. The van der Waals surface area contributed by atoms with Crippen molar-refractivity contribution in [3.8, 4) is 11.3 Å². The molecule has 0 aliphatic carbocycles. The van der Waals surface area contributed by atoms with Crippen molar-refractivity contribution in [1.82, 2.24) is 20.2 Å². The zero-order valence-electron chi connectivity index (χ0n) is 8.18. The SMILES string of the molecule is Brc1cccc2c(-c3cn[nH]c3)ncnc12. The first-order chi connectivity index (χ1) is 7.86. The maximum Gasteiger partial charge on any atom is 0.116 e. The molecular formula is C11H7BrN4. The number of aromatic amines is 1. The van der Waals surface area contributed by atoms with Crippen LogP contribution in [0, 0.1) is 0 Å². The minimum absolute atomic E-state index is 0.889. The molecular weight excluding hydrogens is 268 g/mol. The Morgan fingerprint density at radius 1 is 1.19 bits per heavy atom. The molecule has 0 saturated heterocycles. The van der Waals surface area contributed by atoms with Gasteiger partial charge in [-0.25, -0.2) is 9.97 Å². The second-order valence-corrected chi connectivity index (χ2v) is 4.20. The van der Waals surface area contributed by atoms with Crippen LogP contribution in [0.4, 0.5) is 0 Å². The Labute approximate surface area is 99.9 Å². The molecule has 0 bridgehead atoms. The van der Waals surface area contributed by atoms with Gasteiger partial charge in [0.25, 0.3) is 0 Å². The summed E-state index contributed by atoms with van der Waals surface area (Å²) in [5.74, 6) is 0. The van der Waals surface area contributed by atoms with Gasteiger partial charge in [-0.1, -0.05) is 12.1 Å². The standard InChI is InChI=1S/C11H7BrN4/c12-9-3-1-2-8-10(7-4-15-16-5-7)13-6-14-11(8)9/h1-6H,(H,15,16). The summed E-state index contributed by atoms with van der Waals surface area (Å²) in [4.78, 5) is 8.56. The van der Waals surface area contributed by atoms with Crippen LogP contribution in [0.1, 0.15) is 0 Å². The lowest BCUT2D eigenvalue weighted by atomic mass is 10.1. The molecule has 2 heterocycles. The normalized spacial score (nSPS) is 10.8. The van der Waals surface area contributed by atoms with Crippen molar-refractivity contribution in [3.05, 3.63) is 41.4 Å². The fraction of sp³-hybridized carbons (Fsp3) is 0. The zero-order chi connectivity index (χ0) is 11.0. The Kier molecular flexibility index (Phi) is 2.18. The van der Waals surface area contributed by atoms with Crippen LogP contribution >= 0.6 is 15.9 Å². The van der Waals surface area contributed by atoms with Gasteiger partial charge in [0, 0.05) is 21.6 Å². The molecule has 78 valence electrons. The average Bonchev–Trinajstić information content (AvgIpc) is 2.82. The van der Waals surface area contributed by atoms with E-state index in [9.17, 15) is 0 Å². The molecule has 0 aliphatic heterocycles. The number of nitrogens with one attached hydrogen (secondary N) is 1. The highest BCUT2D eigenvalue weighted by Gasteiger charge is 2.08. The Morgan fingerprint density at radius 3 is 2.94 bits per heavy atom. The van der Waals surface area contributed by atoms with Crippen molar-refractivity contribution >= 4 is 26.8 Å². The molecule has 0 atom stereocenters. The summed E-state index contributed by atoms with van der Waals surface area (Å²) in [6.45, 7) is 0. The first-order valence-corrected chi connectivity index (χ1v) is 5.54. The number of benzene rings is 1. The van der Waals surface area contributed by atoms with Gasteiger partial charge in [-0.15, -0.1) is 0 Å². The average molecular weight is 275 g/mol. The van der Waals surface area contributed by atoms with Gasteiger partial charge in [-0.05, 0) is 22.0 Å². The molecule has 0 aliphatic rings. The van der Waals surface area contributed by atoms with E-state index in [1.165, 1.54) is 0 Å². The van der Waals surface area contributed by atoms with Crippen molar-refractivity contribution in [2.75, 3.05) is 0 Å². The van der Waals surface area contributed by atoms with Gasteiger partial charge in [-0.2, -0.15) is 5.10 Å². The fourth-order valence-electron chi connectivity index (χ4n) is 1.66. The lowest BCUT2D eigenvalue weighted by Crippen LogP contribution is -1.88. The summed E-state index contributed by atoms with van der Waals surface area (Å²) in [6, 6.07) is 5.94. The van der Waals surface area contributed by atoms with E-state index in [0.717, 1.165) is 26.6 Å².